The second kappa shape index (κ2) is 13.5. The molecule has 4 aliphatic heterocycles. The van der Waals surface area contributed by atoms with Gasteiger partial charge in [-0.05, 0) is 149 Å². The van der Waals surface area contributed by atoms with E-state index in [4.69, 9.17) is 4.74 Å². The van der Waals surface area contributed by atoms with Crippen LogP contribution in [0.4, 0.5) is 4.79 Å². The first kappa shape index (κ1) is 27.7. The van der Waals surface area contributed by atoms with Gasteiger partial charge in [-0.1, -0.05) is 0 Å². The average molecular weight is 479 g/mol. The lowest BCUT2D eigenvalue weighted by molar-refractivity contribution is 0.0150. The molecule has 0 atom stereocenters. The third-order valence-electron chi connectivity index (χ3n) is 8.60. The summed E-state index contributed by atoms with van der Waals surface area (Å²) in [5, 5.41) is 6.89. The van der Waals surface area contributed by atoms with E-state index in [2.05, 4.69) is 29.4 Å². The quantitative estimate of drug-likeness (QED) is 0.614. The minimum Gasteiger partial charge on any atom is -0.444 e. The number of carbonyl (C=O) groups is 1. The summed E-state index contributed by atoms with van der Waals surface area (Å²) in [4.78, 5) is 16.5. The molecule has 4 saturated heterocycles. The highest BCUT2D eigenvalue weighted by molar-refractivity contribution is 5.68. The Kier molecular flexibility index (Phi) is 11.0. The number of nitrogens with one attached hydrogen (secondary N) is 2. The number of hydrogen-bond donors (Lipinski definition) is 2. The van der Waals surface area contributed by atoms with Crippen LogP contribution in [0.1, 0.15) is 86.0 Å². The molecule has 6 nitrogen and oxygen atoms in total. The maximum absolute atomic E-state index is 12.0. The lowest BCUT2D eigenvalue weighted by Crippen LogP contribution is -2.44. The van der Waals surface area contributed by atoms with Gasteiger partial charge in [0.1, 0.15) is 5.60 Å². The van der Waals surface area contributed by atoms with E-state index < -0.39 is 0 Å². The SMILES string of the molecule is CC(C)(C)OC(=O)N1CCC(C2CCNCC2)CC1.CC(C)N1CCC(C2CCNCC2)CC1. The monoisotopic (exact) mass is 478 g/mol. The van der Waals surface area contributed by atoms with Crippen molar-refractivity contribution in [3.8, 4) is 0 Å². The maximum Gasteiger partial charge on any atom is 0.410 e. The van der Waals surface area contributed by atoms with Crippen molar-refractivity contribution in [1.82, 2.24) is 20.4 Å². The molecule has 4 fully saturated rings. The highest BCUT2D eigenvalue weighted by Gasteiger charge is 2.31. The molecular formula is C28H54N4O2. The van der Waals surface area contributed by atoms with Crippen molar-refractivity contribution in [2.75, 3.05) is 52.4 Å². The van der Waals surface area contributed by atoms with Gasteiger partial charge in [-0.2, -0.15) is 0 Å². The topological polar surface area (TPSA) is 56.8 Å². The molecule has 0 saturated carbocycles. The van der Waals surface area contributed by atoms with E-state index >= 15 is 0 Å². The van der Waals surface area contributed by atoms with Crippen molar-refractivity contribution in [1.29, 1.82) is 0 Å². The molecule has 4 heterocycles. The Balaban J connectivity index is 0.000000196. The van der Waals surface area contributed by atoms with E-state index in [0.29, 0.717) is 0 Å². The van der Waals surface area contributed by atoms with Gasteiger partial charge in [0.15, 0.2) is 0 Å². The number of piperidine rings is 4. The van der Waals surface area contributed by atoms with Crippen molar-refractivity contribution in [2.45, 2.75) is 97.6 Å². The molecule has 4 rings (SSSR count). The van der Waals surface area contributed by atoms with Gasteiger partial charge in [0.05, 0.1) is 0 Å². The van der Waals surface area contributed by atoms with Crippen LogP contribution in [0.25, 0.3) is 0 Å². The first-order valence-electron chi connectivity index (χ1n) is 14.4. The predicted molar refractivity (Wildman–Crippen MR) is 141 cm³/mol. The van der Waals surface area contributed by atoms with Crippen LogP contribution < -0.4 is 10.6 Å². The standard InChI is InChI=1S/C15H28N2O2.C13H26N2/c1-15(2,3)19-14(18)17-10-6-13(7-11-17)12-4-8-16-9-5-12;1-11(2)15-9-5-13(6-10-15)12-3-7-14-8-4-12/h12-13,16H,4-11H2,1-3H3;11-14H,3-10H2,1-2H3. The highest BCUT2D eigenvalue weighted by atomic mass is 16.6. The molecule has 0 aromatic rings. The summed E-state index contributed by atoms with van der Waals surface area (Å²) in [5.41, 5.74) is -0.386. The van der Waals surface area contributed by atoms with E-state index in [-0.39, 0.29) is 11.7 Å². The highest BCUT2D eigenvalue weighted by Crippen LogP contribution is 2.32. The zero-order chi connectivity index (χ0) is 24.6. The summed E-state index contributed by atoms with van der Waals surface area (Å²) in [6.07, 6.45) is 10.5. The number of likely N-dealkylation sites (tertiary alicyclic amines) is 2. The van der Waals surface area contributed by atoms with Crippen LogP contribution in [-0.2, 0) is 4.74 Å². The number of hydrogen-bond acceptors (Lipinski definition) is 5. The Morgan fingerprint density at radius 3 is 1.47 bits per heavy atom. The van der Waals surface area contributed by atoms with Crippen LogP contribution in [0.3, 0.4) is 0 Å². The van der Waals surface area contributed by atoms with E-state index in [1.54, 1.807) is 0 Å². The fourth-order valence-electron chi connectivity index (χ4n) is 6.42. The Hall–Kier alpha value is -0.850. The summed E-state index contributed by atoms with van der Waals surface area (Å²) < 4.78 is 5.43. The summed E-state index contributed by atoms with van der Waals surface area (Å²) in [6, 6.07) is 0.749. The molecule has 0 spiro atoms. The van der Waals surface area contributed by atoms with Crippen molar-refractivity contribution < 1.29 is 9.53 Å². The third kappa shape index (κ3) is 8.98. The fraction of sp³-hybridized carbons (Fsp3) is 0.964. The predicted octanol–water partition coefficient (Wildman–Crippen LogP) is 4.74. The van der Waals surface area contributed by atoms with E-state index in [9.17, 15) is 4.79 Å². The maximum atomic E-state index is 12.0. The van der Waals surface area contributed by atoms with Crippen LogP contribution >= 0.6 is 0 Å². The first-order valence-corrected chi connectivity index (χ1v) is 14.4. The molecule has 0 aromatic carbocycles. The van der Waals surface area contributed by atoms with Crippen molar-refractivity contribution in [3.05, 3.63) is 0 Å². The van der Waals surface area contributed by atoms with Crippen LogP contribution in [0.2, 0.25) is 0 Å². The minimum absolute atomic E-state index is 0.142. The lowest BCUT2D eigenvalue weighted by atomic mass is 9.79. The Bertz CT molecular complexity index is 578. The molecule has 0 radical (unpaired) electrons. The van der Waals surface area contributed by atoms with Crippen LogP contribution in [0.5, 0.6) is 0 Å². The molecular weight excluding hydrogens is 424 g/mol. The van der Waals surface area contributed by atoms with Gasteiger partial charge < -0.3 is 25.2 Å². The fourth-order valence-corrected chi connectivity index (χ4v) is 6.42. The molecule has 6 heteroatoms. The third-order valence-corrected chi connectivity index (χ3v) is 8.60. The van der Waals surface area contributed by atoms with Crippen LogP contribution in [-0.4, -0.2) is 79.9 Å². The van der Waals surface area contributed by atoms with Gasteiger partial charge in [0, 0.05) is 19.1 Å². The Morgan fingerprint density at radius 1 is 0.706 bits per heavy atom. The Morgan fingerprint density at radius 2 is 1.09 bits per heavy atom. The number of nitrogens with zero attached hydrogens (tertiary/aromatic N) is 2. The van der Waals surface area contributed by atoms with Gasteiger partial charge in [0.25, 0.3) is 0 Å². The van der Waals surface area contributed by atoms with Gasteiger partial charge in [-0.3, -0.25) is 0 Å². The second-order valence-electron chi connectivity index (χ2n) is 12.4. The van der Waals surface area contributed by atoms with E-state index in [1.807, 2.05) is 25.7 Å². The van der Waals surface area contributed by atoms with E-state index in [0.717, 1.165) is 68.7 Å². The number of carbonyl (C=O) groups excluding carboxylic acids is 1. The van der Waals surface area contributed by atoms with E-state index in [1.165, 1.54) is 64.7 Å². The average Bonchev–Trinajstić information content (AvgIpc) is 2.85. The largest absolute Gasteiger partial charge is 0.444 e. The zero-order valence-corrected chi connectivity index (χ0v) is 22.9. The molecule has 0 bridgehead atoms. The molecule has 0 aliphatic carbocycles. The summed E-state index contributed by atoms with van der Waals surface area (Å²) >= 11 is 0. The smallest absolute Gasteiger partial charge is 0.410 e. The van der Waals surface area contributed by atoms with Crippen molar-refractivity contribution in [3.63, 3.8) is 0 Å². The van der Waals surface area contributed by atoms with Gasteiger partial charge in [-0.15, -0.1) is 0 Å². The van der Waals surface area contributed by atoms with Gasteiger partial charge >= 0.3 is 6.09 Å². The first-order chi connectivity index (χ1) is 16.2. The molecule has 4 aliphatic rings. The van der Waals surface area contributed by atoms with Gasteiger partial charge in [0.2, 0.25) is 0 Å². The molecule has 2 N–H and O–H groups in total. The normalized spacial score (nSPS) is 25.2. The lowest BCUT2D eigenvalue weighted by Gasteiger charge is -2.39. The van der Waals surface area contributed by atoms with Crippen LogP contribution in [0, 0.1) is 23.7 Å². The molecule has 34 heavy (non-hydrogen) atoms. The number of amides is 1. The zero-order valence-electron chi connectivity index (χ0n) is 22.9. The second-order valence-corrected chi connectivity index (χ2v) is 12.4. The molecule has 198 valence electrons. The Labute approximate surface area is 209 Å². The number of rotatable bonds is 3. The molecule has 1 amide bonds. The van der Waals surface area contributed by atoms with Gasteiger partial charge in [-0.25, -0.2) is 4.79 Å². The van der Waals surface area contributed by atoms with Crippen LogP contribution in [0.15, 0.2) is 0 Å². The van der Waals surface area contributed by atoms with Crippen molar-refractivity contribution in [2.24, 2.45) is 23.7 Å². The molecule has 0 unspecified atom stereocenters. The summed E-state index contributed by atoms with van der Waals surface area (Å²) in [5.74, 6) is 3.73. The summed E-state index contributed by atoms with van der Waals surface area (Å²) in [7, 11) is 0. The molecule has 0 aromatic heterocycles. The summed E-state index contributed by atoms with van der Waals surface area (Å²) in [6.45, 7) is 19.7. The number of ether oxygens (including phenoxy) is 1. The minimum atomic E-state index is -0.386. The van der Waals surface area contributed by atoms with Crippen molar-refractivity contribution >= 4 is 6.09 Å².